The Morgan fingerprint density at radius 1 is 0.925 bits per heavy atom. The Morgan fingerprint density at radius 3 is 2.17 bits per heavy atom. The first-order valence-electron chi connectivity index (χ1n) is 12.9. The summed E-state index contributed by atoms with van der Waals surface area (Å²) in [6.07, 6.45) is 1.28. The number of sulfonamides is 1. The van der Waals surface area contributed by atoms with Crippen LogP contribution in [-0.4, -0.2) is 50.0 Å². The number of rotatable bonds is 11. The van der Waals surface area contributed by atoms with Gasteiger partial charge in [0.25, 0.3) is 0 Å². The number of benzene rings is 3. The van der Waals surface area contributed by atoms with E-state index >= 15 is 0 Å². The third kappa shape index (κ3) is 8.46. The van der Waals surface area contributed by atoms with Gasteiger partial charge in [-0.25, -0.2) is 8.42 Å². The second kappa shape index (κ2) is 13.5. The first-order chi connectivity index (χ1) is 18.8. The molecule has 0 aliphatic heterocycles. The number of halogens is 2. The predicted octanol–water partition coefficient (Wildman–Crippen LogP) is 5.54. The zero-order chi connectivity index (χ0) is 29.6. The molecular weight excluding hydrogens is 569 g/mol. The summed E-state index contributed by atoms with van der Waals surface area (Å²) < 4.78 is 26.9. The third-order valence-corrected chi connectivity index (χ3v) is 8.24. The van der Waals surface area contributed by atoms with Crippen LogP contribution >= 0.6 is 23.2 Å². The van der Waals surface area contributed by atoms with Crippen molar-refractivity contribution in [1.29, 1.82) is 0 Å². The fraction of sp³-hybridized carbons (Fsp3) is 0.333. The standard InChI is InChI=1S/C30H35Cl2N3O4S/c1-20(2)33-30(37)28(16-23-9-7-6-8-10-23)34(18-24-12-13-25(31)17-27(24)32)29(36)19-35(40(5,38)39)26-14-11-21(3)22(4)15-26/h6-15,17,20,28H,16,18-19H2,1-5H3,(H,33,37)/t28-/m1/s1. The van der Waals surface area contributed by atoms with Crippen molar-refractivity contribution in [3.05, 3.63) is 99.0 Å². The number of hydrogen-bond acceptors (Lipinski definition) is 4. The Labute approximate surface area is 247 Å². The minimum Gasteiger partial charge on any atom is -0.352 e. The zero-order valence-corrected chi connectivity index (χ0v) is 25.6. The zero-order valence-electron chi connectivity index (χ0n) is 23.3. The molecule has 0 bridgehead atoms. The summed E-state index contributed by atoms with van der Waals surface area (Å²) in [5.74, 6) is -0.899. The van der Waals surface area contributed by atoms with Gasteiger partial charge in [-0.2, -0.15) is 0 Å². The molecule has 0 unspecified atom stereocenters. The largest absolute Gasteiger partial charge is 0.352 e. The SMILES string of the molecule is Cc1ccc(N(CC(=O)N(Cc2ccc(Cl)cc2Cl)[C@H](Cc2ccccc2)C(=O)NC(C)C)S(C)(=O)=O)cc1C. The van der Waals surface area contributed by atoms with Gasteiger partial charge in [-0.3, -0.25) is 13.9 Å². The van der Waals surface area contributed by atoms with E-state index in [0.29, 0.717) is 21.3 Å². The lowest BCUT2D eigenvalue weighted by atomic mass is 10.0. The summed E-state index contributed by atoms with van der Waals surface area (Å²) >= 11 is 12.6. The van der Waals surface area contributed by atoms with Crippen molar-refractivity contribution in [2.75, 3.05) is 17.1 Å². The summed E-state index contributed by atoms with van der Waals surface area (Å²) in [7, 11) is -3.84. The lowest BCUT2D eigenvalue weighted by Gasteiger charge is -2.34. The van der Waals surface area contributed by atoms with Gasteiger partial charge in [0.15, 0.2) is 0 Å². The molecule has 0 aliphatic carbocycles. The van der Waals surface area contributed by atoms with Gasteiger partial charge in [0.1, 0.15) is 12.6 Å². The summed E-state index contributed by atoms with van der Waals surface area (Å²) in [4.78, 5) is 29.1. The normalized spacial score (nSPS) is 12.2. The number of hydrogen-bond donors (Lipinski definition) is 1. The number of anilines is 1. The summed E-state index contributed by atoms with van der Waals surface area (Å²) in [5.41, 5.74) is 3.68. The molecule has 1 atom stereocenters. The molecule has 0 aliphatic rings. The number of nitrogens with one attached hydrogen (secondary N) is 1. The molecule has 40 heavy (non-hydrogen) atoms. The number of nitrogens with zero attached hydrogens (tertiary/aromatic N) is 2. The minimum absolute atomic E-state index is 0.0254. The van der Waals surface area contributed by atoms with Crippen molar-refractivity contribution in [3.63, 3.8) is 0 Å². The third-order valence-electron chi connectivity index (χ3n) is 6.52. The molecule has 10 heteroatoms. The molecule has 2 amide bonds. The van der Waals surface area contributed by atoms with Crippen molar-refractivity contribution >= 4 is 50.7 Å². The molecule has 3 rings (SSSR count). The van der Waals surface area contributed by atoms with Gasteiger partial charge in [-0.15, -0.1) is 0 Å². The van der Waals surface area contributed by atoms with Gasteiger partial charge >= 0.3 is 0 Å². The van der Waals surface area contributed by atoms with Crippen LogP contribution in [0.3, 0.4) is 0 Å². The fourth-order valence-corrected chi connectivity index (χ4v) is 5.57. The molecule has 3 aromatic rings. The van der Waals surface area contributed by atoms with Crippen molar-refractivity contribution in [2.45, 2.75) is 52.7 Å². The van der Waals surface area contributed by atoms with Crippen molar-refractivity contribution in [2.24, 2.45) is 0 Å². The van der Waals surface area contributed by atoms with Crippen LogP contribution < -0.4 is 9.62 Å². The highest BCUT2D eigenvalue weighted by Gasteiger charge is 2.33. The van der Waals surface area contributed by atoms with Crippen LogP contribution in [0.15, 0.2) is 66.7 Å². The van der Waals surface area contributed by atoms with Gasteiger partial charge in [-0.05, 0) is 74.2 Å². The Bertz CT molecular complexity index is 1460. The second-order valence-corrected chi connectivity index (χ2v) is 12.9. The Hall–Kier alpha value is -3.07. The average molecular weight is 605 g/mol. The smallest absolute Gasteiger partial charge is 0.244 e. The summed E-state index contributed by atoms with van der Waals surface area (Å²) in [5, 5.41) is 3.69. The van der Waals surface area contributed by atoms with E-state index in [0.717, 1.165) is 27.3 Å². The molecule has 0 heterocycles. The van der Waals surface area contributed by atoms with Gasteiger partial charge in [0.2, 0.25) is 21.8 Å². The van der Waals surface area contributed by atoms with E-state index in [4.69, 9.17) is 23.2 Å². The van der Waals surface area contributed by atoms with Crippen LogP contribution in [0.4, 0.5) is 5.69 Å². The molecular formula is C30H35Cl2N3O4S. The van der Waals surface area contributed by atoms with Crippen LogP contribution in [0.5, 0.6) is 0 Å². The van der Waals surface area contributed by atoms with Crippen LogP contribution in [0.25, 0.3) is 0 Å². The Kier molecular flexibility index (Phi) is 10.6. The molecule has 7 nitrogen and oxygen atoms in total. The van der Waals surface area contributed by atoms with Crippen LogP contribution in [0.1, 0.15) is 36.1 Å². The van der Waals surface area contributed by atoms with E-state index in [9.17, 15) is 18.0 Å². The molecule has 0 saturated carbocycles. The topological polar surface area (TPSA) is 86.8 Å². The number of carbonyl (C=O) groups excluding carboxylic acids is 2. The van der Waals surface area contributed by atoms with Crippen LogP contribution in [0.2, 0.25) is 10.0 Å². The second-order valence-electron chi connectivity index (χ2n) is 10.2. The lowest BCUT2D eigenvalue weighted by Crippen LogP contribution is -2.54. The Balaban J connectivity index is 2.09. The summed E-state index contributed by atoms with van der Waals surface area (Å²) in [6.45, 7) is 6.96. The molecule has 0 saturated heterocycles. The predicted molar refractivity (Wildman–Crippen MR) is 162 cm³/mol. The number of carbonyl (C=O) groups is 2. The van der Waals surface area contributed by atoms with Gasteiger partial charge in [-0.1, -0.05) is 65.7 Å². The quantitative estimate of drug-likeness (QED) is 0.312. The maximum atomic E-state index is 14.1. The summed E-state index contributed by atoms with van der Waals surface area (Å²) in [6, 6.07) is 18.4. The molecule has 1 N–H and O–H groups in total. The minimum atomic E-state index is -3.84. The van der Waals surface area contributed by atoms with Gasteiger partial charge < -0.3 is 10.2 Å². The first kappa shape index (κ1) is 31.5. The molecule has 0 radical (unpaired) electrons. The van der Waals surface area contributed by atoms with E-state index in [2.05, 4.69) is 5.32 Å². The van der Waals surface area contributed by atoms with Crippen molar-refractivity contribution < 1.29 is 18.0 Å². The molecule has 214 valence electrons. The average Bonchev–Trinajstić information content (AvgIpc) is 2.87. The molecule has 0 spiro atoms. The maximum Gasteiger partial charge on any atom is 0.244 e. The van der Waals surface area contributed by atoms with Crippen molar-refractivity contribution in [1.82, 2.24) is 10.2 Å². The number of amides is 2. The van der Waals surface area contributed by atoms with E-state index in [1.165, 1.54) is 4.90 Å². The fourth-order valence-electron chi connectivity index (χ4n) is 4.26. The van der Waals surface area contributed by atoms with E-state index in [1.54, 1.807) is 30.3 Å². The van der Waals surface area contributed by atoms with E-state index < -0.39 is 28.5 Å². The molecule has 3 aromatic carbocycles. The van der Waals surface area contributed by atoms with Gasteiger partial charge in [0.05, 0.1) is 11.9 Å². The molecule has 0 aromatic heterocycles. The highest BCUT2D eigenvalue weighted by atomic mass is 35.5. The van der Waals surface area contributed by atoms with Crippen LogP contribution in [-0.2, 0) is 32.6 Å². The van der Waals surface area contributed by atoms with Crippen molar-refractivity contribution in [3.8, 4) is 0 Å². The monoisotopic (exact) mass is 603 g/mol. The maximum absolute atomic E-state index is 14.1. The Morgan fingerprint density at radius 2 is 1.60 bits per heavy atom. The number of aryl methyl sites for hydroxylation is 2. The first-order valence-corrected chi connectivity index (χ1v) is 15.5. The lowest BCUT2D eigenvalue weighted by molar-refractivity contribution is -0.140. The highest BCUT2D eigenvalue weighted by Crippen LogP contribution is 2.26. The van der Waals surface area contributed by atoms with E-state index in [1.807, 2.05) is 64.1 Å². The molecule has 0 fully saturated rings. The van der Waals surface area contributed by atoms with Gasteiger partial charge in [0, 0.05) is 29.1 Å². The highest BCUT2D eigenvalue weighted by molar-refractivity contribution is 7.92. The van der Waals surface area contributed by atoms with E-state index in [-0.39, 0.29) is 24.9 Å². The van der Waals surface area contributed by atoms with Crippen LogP contribution in [0, 0.1) is 13.8 Å².